The minimum Gasteiger partial charge on any atom is -0.381 e. The van der Waals surface area contributed by atoms with Crippen LogP contribution in [0.2, 0.25) is 0 Å². The Kier molecular flexibility index (Phi) is 4.33. The third-order valence-electron chi connectivity index (χ3n) is 3.77. The third kappa shape index (κ3) is 3.24. The molecule has 3 rings (SSSR count). The van der Waals surface area contributed by atoms with Crippen LogP contribution in [0.1, 0.15) is 35.4 Å². The molecule has 2 aromatic rings. The number of carbonyl (C=O) groups excluding carboxylic acids is 1. The molecule has 0 radical (unpaired) electrons. The summed E-state index contributed by atoms with van der Waals surface area (Å²) in [5.41, 5.74) is 1.28. The molecule has 118 valence electrons. The largest absolute Gasteiger partial charge is 0.381 e. The van der Waals surface area contributed by atoms with Crippen LogP contribution in [0, 0.1) is 5.92 Å². The van der Waals surface area contributed by atoms with E-state index in [0.717, 1.165) is 19.4 Å². The first-order chi connectivity index (χ1) is 10.6. The number of carbonyl (C=O) groups is 1. The highest BCUT2D eigenvalue weighted by Crippen LogP contribution is 2.20. The van der Waals surface area contributed by atoms with Crippen LogP contribution in [-0.2, 0) is 4.74 Å². The van der Waals surface area contributed by atoms with E-state index in [4.69, 9.17) is 4.74 Å². The summed E-state index contributed by atoms with van der Waals surface area (Å²) in [5, 5.41) is 2.86. The summed E-state index contributed by atoms with van der Waals surface area (Å²) in [7, 11) is 0. The maximum Gasteiger partial charge on any atom is 0.295 e. The number of ether oxygens (including phenoxy) is 1. The Morgan fingerprint density at radius 2 is 2.36 bits per heavy atom. The number of rotatable bonds is 4. The number of halogens is 2. The highest BCUT2D eigenvalue weighted by Gasteiger charge is 2.17. The number of imidazole rings is 1. The zero-order chi connectivity index (χ0) is 15.5. The van der Waals surface area contributed by atoms with Crippen molar-refractivity contribution in [1.82, 2.24) is 15.3 Å². The lowest BCUT2D eigenvalue weighted by Gasteiger charge is -2.22. The highest BCUT2D eigenvalue weighted by molar-refractivity contribution is 5.97. The zero-order valence-corrected chi connectivity index (χ0v) is 11.9. The summed E-state index contributed by atoms with van der Waals surface area (Å²) in [4.78, 5) is 18.5. The summed E-state index contributed by atoms with van der Waals surface area (Å²) in [6.45, 7) is 2.01. The Morgan fingerprint density at radius 3 is 3.09 bits per heavy atom. The van der Waals surface area contributed by atoms with Crippen molar-refractivity contribution in [3.63, 3.8) is 0 Å². The Hall–Kier alpha value is -2.02. The fourth-order valence-electron chi connectivity index (χ4n) is 2.58. The molecule has 1 amide bonds. The van der Waals surface area contributed by atoms with Gasteiger partial charge in [0.2, 0.25) is 0 Å². The molecular formula is C15H17F2N3O2. The molecule has 1 aliphatic heterocycles. The first-order valence-corrected chi connectivity index (χ1v) is 7.27. The summed E-state index contributed by atoms with van der Waals surface area (Å²) < 4.78 is 30.6. The number of alkyl halides is 2. The van der Waals surface area contributed by atoms with E-state index >= 15 is 0 Å². The monoisotopic (exact) mass is 309 g/mol. The van der Waals surface area contributed by atoms with E-state index in [9.17, 15) is 13.6 Å². The number of benzene rings is 1. The van der Waals surface area contributed by atoms with Gasteiger partial charge in [-0.05, 0) is 37.0 Å². The summed E-state index contributed by atoms with van der Waals surface area (Å²) in [6.07, 6.45) is -0.606. The van der Waals surface area contributed by atoms with E-state index in [1.54, 1.807) is 18.2 Å². The molecule has 1 aliphatic rings. The molecule has 2 heterocycles. The second-order valence-corrected chi connectivity index (χ2v) is 5.45. The fourth-order valence-corrected chi connectivity index (χ4v) is 2.58. The number of nitrogens with zero attached hydrogens (tertiary/aromatic N) is 1. The van der Waals surface area contributed by atoms with Crippen LogP contribution in [0.4, 0.5) is 8.78 Å². The molecule has 2 N–H and O–H groups in total. The van der Waals surface area contributed by atoms with Crippen molar-refractivity contribution in [2.45, 2.75) is 19.3 Å². The molecule has 1 aromatic heterocycles. The van der Waals surface area contributed by atoms with Gasteiger partial charge in [-0.15, -0.1) is 0 Å². The summed E-state index contributed by atoms with van der Waals surface area (Å²) in [6, 6.07) is 4.70. The van der Waals surface area contributed by atoms with Gasteiger partial charge in [0.15, 0.2) is 5.82 Å². The Balaban J connectivity index is 1.67. The van der Waals surface area contributed by atoms with E-state index in [0.29, 0.717) is 35.7 Å². The van der Waals surface area contributed by atoms with Crippen LogP contribution in [-0.4, -0.2) is 35.6 Å². The molecule has 7 heteroatoms. The Labute approximate surface area is 126 Å². The lowest BCUT2D eigenvalue weighted by Crippen LogP contribution is -2.33. The predicted molar refractivity (Wildman–Crippen MR) is 76.9 cm³/mol. The van der Waals surface area contributed by atoms with Gasteiger partial charge >= 0.3 is 0 Å². The quantitative estimate of drug-likeness (QED) is 0.912. The first-order valence-electron chi connectivity index (χ1n) is 7.27. The normalized spacial score (nSPS) is 18.8. The van der Waals surface area contributed by atoms with Gasteiger partial charge in [0.25, 0.3) is 12.3 Å². The van der Waals surface area contributed by atoms with Crippen molar-refractivity contribution in [2.24, 2.45) is 5.92 Å². The average molecular weight is 309 g/mol. The molecule has 0 aliphatic carbocycles. The van der Waals surface area contributed by atoms with Gasteiger partial charge in [-0.25, -0.2) is 13.8 Å². The number of aromatic amines is 1. The van der Waals surface area contributed by atoms with E-state index in [-0.39, 0.29) is 11.7 Å². The van der Waals surface area contributed by atoms with Gasteiger partial charge in [-0.3, -0.25) is 4.79 Å². The van der Waals surface area contributed by atoms with Crippen LogP contribution >= 0.6 is 0 Å². The van der Waals surface area contributed by atoms with Crippen LogP contribution in [0.3, 0.4) is 0 Å². The zero-order valence-electron chi connectivity index (χ0n) is 11.9. The summed E-state index contributed by atoms with van der Waals surface area (Å²) >= 11 is 0. The van der Waals surface area contributed by atoms with Crippen LogP contribution in [0.25, 0.3) is 11.0 Å². The maximum atomic E-state index is 12.6. The molecule has 1 atom stereocenters. The number of hydrogen-bond donors (Lipinski definition) is 2. The number of nitrogens with one attached hydrogen (secondary N) is 2. The van der Waals surface area contributed by atoms with Crippen LogP contribution in [0.15, 0.2) is 18.2 Å². The van der Waals surface area contributed by atoms with Crippen molar-refractivity contribution < 1.29 is 18.3 Å². The summed E-state index contributed by atoms with van der Waals surface area (Å²) in [5.74, 6) is -0.272. The standard InChI is InChI=1S/C15H17F2N3O2/c16-13(17)14-19-11-4-3-10(6-12(11)20-14)15(21)18-7-9-2-1-5-22-8-9/h3-4,6,9,13H,1-2,5,7-8H2,(H,18,21)(H,19,20). The van der Waals surface area contributed by atoms with Gasteiger partial charge < -0.3 is 15.0 Å². The molecular weight excluding hydrogens is 292 g/mol. The van der Waals surface area contributed by atoms with Gasteiger partial charge in [-0.2, -0.15) is 0 Å². The van der Waals surface area contributed by atoms with Gasteiger partial charge in [0, 0.05) is 18.7 Å². The molecule has 22 heavy (non-hydrogen) atoms. The first kappa shape index (κ1) is 14.9. The molecule has 1 aromatic carbocycles. The lowest BCUT2D eigenvalue weighted by atomic mass is 10.0. The average Bonchev–Trinajstić information content (AvgIpc) is 2.97. The Morgan fingerprint density at radius 1 is 1.50 bits per heavy atom. The van der Waals surface area contributed by atoms with Crippen LogP contribution < -0.4 is 5.32 Å². The van der Waals surface area contributed by atoms with Crippen molar-refractivity contribution in [2.75, 3.05) is 19.8 Å². The smallest absolute Gasteiger partial charge is 0.295 e. The van der Waals surface area contributed by atoms with E-state index in [2.05, 4.69) is 15.3 Å². The number of fused-ring (bicyclic) bond motifs is 1. The van der Waals surface area contributed by atoms with E-state index < -0.39 is 6.43 Å². The molecule has 0 bridgehead atoms. The van der Waals surface area contributed by atoms with Gasteiger partial charge in [0.05, 0.1) is 17.6 Å². The number of hydrogen-bond acceptors (Lipinski definition) is 3. The number of amides is 1. The topological polar surface area (TPSA) is 67.0 Å². The molecule has 1 unspecified atom stereocenters. The van der Waals surface area contributed by atoms with E-state index in [1.165, 1.54) is 0 Å². The van der Waals surface area contributed by atoms with E-state index in [1.807, 2.05) is 0 Å². The maximum absolute atomic E-state index is 12.6. The number of H-pyrrole nitrogens is 1. The minimum absolute atomic E-state index is 0.222. The molecule has 5 nitrogen and oxygen atoms in total. The third-order valence-corrected chi connectivity index (χ3v) is 3.77. The Bertz CT molecular complexity index is 666. The van der Waals surface area contributed by atoms with Crippen molar-refractivity contribution in [1.29, 1.82) is 0 Å². The molecule has 0 spiro atoms. The second-order valence-electron chi connectivity index (χ2n) is 5.45. The van der Waals surface area contributed by atoms with Crippen molar-refractivity contribution >= 4 is 16.9 Å². The lowest BCUT2D eigenvalue weighted by molar-refractivity contribution is 0.0536. The molecule has 0 saturated carbocycles. The van der Waals surface area contributed by atoms with Gasteiger partial charge in [-0.1, -0.05) is 0 Å². The molecule has 1 saturated heterocycles. The SMILES string of the molecule is O=C(NCC1CCCOC1)c1ccc2nc(C(F)F)[nH]c2c1. The highest BCUT2D eigenvalue weighted by atomic mass is 19.3. The van der Waals surface area contributed by atoms with Crippen molar-refractivity contribution in [3.05, 3.63) is 29.6 Å². The molecule has 1 fully saturated rings. The number of aromatic nitrogens is 2. The predicted octanol–water partition coefficient (Wildman–Crippen LogP) is 2.66. The fraction of sp³-hybridized carbons (Fsp3) is 0.467. The second kappa shape index (κ2) is 6.39. The van der Waals surface area contributed by atoms with Crippen LogP contribution in [0.5, 0.6) is 0 Å². The van der Waals surface area contributed by atoms with Crippen molar-refractivity contribution in [3.8, 4) is 0 Å². The minimum atomic E-state index is -2.66. The van der Waals surface area contributed by atoms with Gasteiger partial charge in [0.1, 0.15) is 0 Å².